The Morgan fingerprint density at radius 1 is 1.31 bits per heavy atom. The second-order valence-electron chi connectivity index (χ2n) is 7.81. The number of benzene rings is 1. The number of anilines is 1. The molecule has 2 aliphatic heterocycles. The smallest absolute Gasteiger partial charge is 0.227 e. The van der Waals surface area contributed by atoms with Gasteiger partial charge in [-0.05, 0) is 50.4 Å². The number of halogens is 1. The summed E-state index contributed by atoms with van der Waals surface area (Å²) < 4.78 is 0. The standard InChI is InChI=1S/C22H35N5O.HI/c1-4-26-15-8-10-19(26)17-25(3)22(23-2)24-14-7-12-21(28)27-16-13-18-9-5-6-11-20(18)27;/h5-6,9,11,19H,4,7-8,10,12-17H2,1-3H3,(H,23,24);1H. The van der Waals surface area contributed by atoms with Crippen molar-refractivity contribution in [2.24, 2.45) is 4.99 Å². The molecule has 29 heavy (non-hydrogen) atoms. The molecule has 0 radical (unpaired) electrons. The molecule has 0 aromatic heterocycles. The van der Waals surface area contributed by atoms with E-state index in [1.807, 2.05) is 24.1 Å². The fourth-order valence-electron chi connectivity index (χ4n) is 4.48. The van der Waals surface area contributed by atoms with Gasteiger partial charge in [-0.1, -0.05) is 25.1 Å². The van der Waals surface area contributed by atoms with Gasteiger partial charge in [0.15, 0.2) is 5.96 Å². The molecule has 0 bridgehead atoms. The molecule has 7 heteroatoms. The van der Waals surface area contributed by atoms with Crippen LogP contribution in [-0.4, -0.2) is 74.5 Å². The Labute approximate surface area is 192 Å². The molecule has 1 atom stereocenters. The number of nitrogens with zero attached hydrogens (tertiary/aromatic N) is 4. The van der Waals surface area contributed by atoms with Crippen LogP contribution in [0.5, 0.6) is 0 Å². The zero-order valence-electron chi connectivity index (χ0n) is 18.1. The van der Waals surface area contributed by atoms with Gasteiger partial charge >= 0.3 is 0 Å². The molecule has 2 heterocycles. The molecule has 162 valence electrons. The molecule has 1 fully saturated rings. The van der Waals surface area contributed by atoms with Gasteiger partial charge in [0.05, 0.1) is 0 Å². The van der Waals surface area contributed by atoms with Gasteiger partial charge in [-0.2, -0.15) is 0 Å². The third kappa shape index (κ3) is 6.07. The summed E-state index contributed by atoms with van der Waals surface area (Å²) in [4.78, 5) is 23.7. The summed E-state index contributed by atoms with van der Waals surface area (Å²) in [6, 6.07) is 8.84. The number of aliphatic imine (C=N–C) groups is 1. The number of amides is 1. The van der Waals surface area contributed by atoms with Crippen LogP contribution < -0.4 is 10.2 Å². The highest BCUT2D eigenvalue weighted by Crippen LogP contribution is 2.28. The third-order valence-electron chi connectivity index (χ3n) is 6.00. The summed E-state index contributed by atoms with van der Waals surface area (Å²) >= 11 is 0. The van der Waals surface area contributed by atoms with Crippen LogP contribution in [0.2, 0.25) is 0 Å². The lowest BCUT2D eigenvalue weighted by Crippen LogP contribution is -2.46. The van der Waals surface area contributed by atoms with Crippen molar-refractivity contribution in [1.82, 2.24) is 15.1 Å². The predicted octanol–water partition coefficient (Wildman–Crippen LogP) is 2.97. The quantitative estimate of drug-likeness (QED) is 0.264. The number of fused-ring (bicyclic) bond motifs is 1. The molecular formula is C22H36IN5O. The predicted molar refractivity (Wildman–Crippen MR) is 131 cm³/mol. The van der Waals surface area contributed by atoms with E-state index in [4.69, 9.17) is 0 Å². The van der Waals surface area contributed by atoms with E-state index in [0.29, 0.717) is 12.5 Å². The van der Waals surface area contributed by atoms with Crippen molar-refractivity contribution in [2.45, 2.75) is 45.1 Å². The van der Waals surface area contributed by atoms with E-state index < -0.39 is 0 Å². The Morgan fingerprint density at radius 2 is 2.10 bits per heavy atom. The first-order valence-electron chi connectivity index (χ1n) is 10.7. The molecular weight excluding hydrogens is 477 g/mol. The van der Waals surface area contributed by atoms with E-state index in [2.05, 4.69) is 46.2 Å². The lowest BCUT2D eigenvalue weighted by Gasteiger charge is -2.29. The number of nitrogens with one attached hydrogen (secondary N) is 1. The van der Waals surface area contributed by atoms with Gasteiger partial charge in [-0.15, -0.1) is 24.0 Å². The average molecular weight is 513 g/mol. The van der Waals surface area contributed by atoms with Gasteiger partial charge in [-0.3, -0.25) is 14.7 Å². The summed E-state index contributed by atoms with van der Waals surface area (Å²) in [6.07, 6.45) is 4.90. The lowest BCUT2D eigenvalue weighted by atomic mass is 10.2. The highest BCUT2D eigenvalue weighted by Gasteiger charge is 2.25. The largest absolute Gasteiger partial charge is 0.356 e. The fourth-order valence-corrected chi connectivity index (χ4v) is 4.48. The number of hydrogen-bond acceptors (Lipinski definition) is 3. The van der Waals surface area contributed by atoms with E-state index in [1.165, 1.54) is 24.9 Å². The SMILES string of the molecule is CCN1CCCC1CN(C)C(=NC)NCCCC(=O)N1CCc2ccccc21.I. The van der Waals surface area contributed by atoms with E-state index in [9.17, 15) is 4.79 Å². The van der Waals surface area contributed by atoms with Crippen LogP contribution in [0.4, 0.5) is 5.69 Å². The summed E-state index contributed by atoms with van der Waals surface area (Å²) in [6.45, 7) is 7.14. The minimum Gasteiger partial charge on any atom is -0.356 e. The Bertz CT molecular complexity index is 696. The molecule has 0 spiro atoms. The molecule has 3 rings (SSSR count). The van der Waals surface area contributed by atoms with E-state index >= 15 is 0 Å². The van der Waals surface area contributed by atoms with Crippen molar-refractivity contribution in [3.63, 3.8) is 0 Å². The molecule has 1 aromatic carbocycles. The molecule has 1 N–H and O–H groups in total. The third-order valence-corrected chi connectivity index (χ3v) is 6.00. The van der Waals surface area contributed by atoms with Gasteiger partial charge in [0.25, 0.3) is 0 Å². The first kappa shape index (κ1) is 23.9. The van der Waals surface area contributed by atoms with Crippen LogP contribution in [0, 0.1) is 0 Å². The number of para-hydroxylation sites is 1. The zero-order chi connectivity index (χ0) is 19.9. The Kier molecular flexibility index (Phi) is 9.68. The summed E-state index contributed by atoms with van der Waals surface area (Å²) in [5.74, 6) is 1.14. The number of rotatable bonds is 7. The second kappa shape index (κ2) is 11.7. The van der Waals surface area contributed by atoms with Gasteiger partial charge in [0, 0.05) is 51.9 Å². The van der Waals surface area contributed by atoms with Crippen LogP contribution in [-0.2, 0) is 11.2 Å². The van der Waals surface area contributed by atoms with Crippen LogP contribution >= 0.6 is 24.0 Å². The van der Waals surface area contributed by atoms with Crippen LogP contribution in [0.3, 0.4) is 0 Å². The highest BCUT2D eigenvalue weighted by molar-refractivity contribution is 14.0. The normalized spacial score (nSPS) is 19.1. The van der Waals surface area contributed by atoms with Crippen molar-refractivity contribution in [1.29, 1.82) is 0 Å². The van der Waals surface area contributed by atoms with E-state index in [-0.39, 0.29) is 29.9 Å². The molecule has 0 aliphatic carbocycles. The van der Waals surface area contributed by atoms with Gasteiger partial charge in [0.2, 0.25) is 5.91 Å². The Balaban J connectivity index is 0.00000300. The summed E-state index contributed by atoms with van der Waals surface area (Å²) in [7, 11) is 3.94. The molecule has 0 saturated carbocycles. The van der Waals surface area contributed by atoms with Crippen LogP contribution in [0.1, 0.15) is 38.2 Å². The van der Waals surface area contributed by atoms with E-state index in [1.54, 1.807) is 0 Å². The number of hydrogen-bond donors (Lipinski definition) is 1. The van der Waals surface area contributed by atoms with Crippen molar-refractivity contribution < 1.29 is 4.79 Å². The first-order valence-corrected chi connectivity index (χ1v) is 10.7. The number of carbonyl (C=O) groups is 1. The van der Waals surface area contributed by atoms with Gasteiger partial charge in [-0.25, -0.2) is 0 Å². The van der Waals surface area contributed by atoms with Crippen molar-refractivity contribution >= 4 is 41.5 Å². The lowest BCUT2D eigenvalue weighted by molar-refractivity contribution is -0.118. The van der Waals surface area contributed by atoms with E-state index in [0.717, 1.165) is 50.7 Å². The maximum absolute atomic E-state index is 12.6. The number of guanidine groups is 1. The summed E-state index contributed by atoms with van der Waals surface area (Å²) in [5.41, 5.74) is 2.37. The minimum atomic E-state index is 0. The highest BCUT2D eigenvalue weighted by atomic mass is 127. The Hall–Kier alpha value is -1.35. The Morgan fingerprint density at radius 3 is 2.86 bits per heavy atom. The molecule has 1 aromatic rings. The average Bonchev–Trinajstić information content (AvgIpc) is 3.34. The molecule has 1 amide bonds. The van der Waals surface area contributed by atoms with Crippen molar-refractivity contribution in [2.75, 3.05) is 51.7 Å². The second-order valence-corrected chi connectivity index (χ2v) is 7.81. The number of likely N-dealkylation sites (tertiary alicyclic amines) is 1. The van der Waals surface area contributed by atoms with Crippen molar-refractivity contribution in [3.05, 3.63) is 29.8 Å². The van der Waals surface area contributed by atoms with Gasteiger partial charge in [0.1, 0.15) is 0 Å². The molecule has 1 saturated heterocycles. The maximum Gasteiger partial charge on any atom is 0.227 e. The minimum absolute atomic E-state index is 0. The molecule has 1 unspecified atom stereocenters. The maximum atomic E-state index is 12.6. The zero-order valence-corrected chi connectivity index (χ0v) is 20.4. The van der Waals surface area contributed by atoms with Crippen LogP contribution in [0.15, 0.2) is 29.3 Å². The fraction of sp³-hybridized carbons (Fsp3) is 0.636. The molecule has 2 aliphatic rings. The monoisotopic (exact) mass is 513 g/mol. The number of carbonyl (C=O) groups excluding carboxylic acids is 1. The first-order chi connectivity index (χ1) is 13.6. The van der Waals surface area contributed by atoms with Crippen molar-refractivity contribution in [3.8, 4) is 0 Å². The topological polar surface area (TPSA) is 51.2 Å². The van der Waals surface area contributed by atoms with Gasteiger partial charge < -0.3 is 15.1 Å². The number of likely N-dealkylation sites (N-methyl/N-ethyl adjacent to an activating group) is 2. The summed E-state index contributed by atoms with van der Waals surface area (Å²) in [5, 5.41) is 3.43. The molecule has 6 nitrogen and oxygen atoms in total. The van der Waals surface area contributed by atoms with Crippen LogP contribution in [0.25, 0.3) is 0 Å².